The topological polar surface area (TPSA) is 91.3 Å². The second-order valence-electron chi connectivity index (χ2n) is 11.0. The normalized spacial score (nSPS) is 16.9. The average Bonchev–Trinajstić information content (AvgIpc) is 3.32. The minimum atomic E-state index is -5.02. The number of hydrogen-bond donors (Lipinski definition) is 2. The van der Waals surface area contributed by atoms with Gasteiger partial charge in [0.25, 0.3) is 5.91 Å². The molecule has 2 fully saturated rings. The Kier molecular flexibility index (Phi) is 11.3. The Morgan fingerprint density at radius 1 is 0.959 bits per heavy atom. The number of aromatic carboxylic acids is 1. The summed E-state index contributed by atoms with van der Waals surface area (Å²) in [5, 5.41) is 10.2. The molecule has 0 aromatic heterocycles. The quantitative estimate of drug-likeness (QED) is 0.127. The predicted molar refractivity (Wildman–Crippen MR) is 175 cm³/mol. The summed E-state index contributed by atoms with van der Waals surface area (Å²) < 4.78 is 93.2. The van der Waals surface area contributed by atoms with E-state index in [2.05, 4.69) is 10.3 Å². The number of alkyl halides is 6. The Morgan fingerprint density at radius 2 is 1.61 bits per heavy atom. The number of carbonyl (C=O) groups is 2. The second-order valence-corrected chi connectivity index (χ2v) is 12.7. The molecule has 3 aromatic rings. The molecule has 3 aromatic carbocycles. The molecular formula is C33H29F6N3O5S2. The highest BCUT2D eigenvalue weighted by molar-refractivity contribution is 8.26. The van der Waals surface area contributed by atoms with E-state index >= 15 is 0 Å². The lowest BCUT2D eigenvalue weighted by Gasteiger charge is -2.26. The first kappa shape index (κ1) is 36.3. The Balaban J connectivity index is 1.41. The molecule has 0 radical (unpaired) electrons. The Hall–Kier alpha value is -3.96. The van der Waals surface area contributed by atoms with Crippen molar-refractivity contribution in [1.82, 2.24) is 15.3 Å². The number of carbonyl (C=O) groups excluding carboxylic acids is 1. The van der Waals surface area contributed by atoms with E-state index in [0.717, 1.165) is 17.3 Å². The molecule has 2 N–H and O–H groups in total. The summed E-state index contributed by atoms with van der Waals surface area (Å²) in [6.07, 6.45) is -8.16. The van der Waals surface area contributed by atoms with E-state index < -0.39 is 35.4 Å². The summed E-state index contributed by atoms with van der Waals surface area (Å²) in [5.74, 6) is -1.30. The number of hydrogen-bond acceptors (Lipinski definition) is 8. The number of thiocarbonyl (C=S) groups is 1. The minimum Gasteiger partial charge on any atom is -0.492 e. The van der Waals surface area contributed by atoms with Crippen LogP contribution in [0, 0.1) is 0 Å². The SMILES string of the molecule is O=C(O)c1ccc(CCNN2C(=O)C(=Cc3cc(-c4cc(C(F)(F)F)cc(C(F)(F)F)c4)ccc3OCCN3CCOCC3)SC2=S)cc1. The third-order valence-corrected chi connectivity index (χ3v) is 8.97. The highest BCUT2D eigenvalue weighted by Gasteiger charge is 2.37. The van der Waals surface area contributed by atoms with Crippen LogP contribution in [0.25, 0.3) is 17.2 Å². The summed E-state index contributed by atoms with van der Waals surface area (Å²) in [6.45, 7) is 3.59. The van der Waals surface area contributed by atoms with Gasteiger partial charge in [-0.1, -0.05) is 42.2 Å². The maximum absolute atomic E-state index is 13.6. The fourth-order valence-electron chi connectivity index (χ4n) is 5.07. The first-order valence-corrected chi connectivity index (χ1v) is 16.1. The number of nitrogens with zero attached hydrogens (tertiary/aromatic N) is 2. The van der Waals surface area contributed by atoms with E-state index in [0.29, 0.717) is 51.4 Å². The number of hydrazine groups is 1. The van der Waals surface area contributed by atoms with Crippen molar-refractivity contribution < 1.29 is 50.5 Å². The highest BCUT2D eigenvalue weighted by atomic mass is 32.2. The zero-order chi connectivity index (χ0) is 35.3. The van der Waals surface area contributed by atoms with Crippen molar-refractivity contribution in [2.45, 2.75) is 18.8 Å². The molecule has 0 unspecified atom stereocenters. The van der Waals surface area contributed by atoms with Crippen LogP contribution in [0.3, 0.4) is 0 Å². The lowest BCUT2D eigenvalue weighted by atomic mass is 9.97. The molecule has 2 aliphatic rings. The number of halogens is 6. The Bertz CT molecular complexity index is 1710. The molecule has 2 heterocycles. The van der Waals surface area contributed by atoms with Gasteiger partial charge in [0.2, 0.25) is 0 Å². The van der Waals surface area contributed by atoms with E-state index in [4.69, 9.17) is 26.8 Å². The first-order chi connectivity index (χ1) is 23.2. The van der Waals surface area contributed by atoms with Gasteiger partial charge in [0, 0.05) is 31.7 Å². The Morgan fingerprint density at radius 3 is 2.22 bits per heavy atom. The van der Waals surface area contributed by atoms with Crippen LogP contribution in [0.5, 0.6) is 5.75 Å². The van der Waals surface area contributed by atoms with Crippen molar-refractivity contribution in [2.24, 2.45) is 0 Å². The number of ether oxygens (including phenoxy) is 2. The first-order valence-electron chi connectivity index (χ1n) is 14.9. The van der Waals surface area contributed by atoms with Crippen molar-refractivity contribution in [1.29, 1.82) is 0 Å². The van der Waals surface area contributed by atoms with Gasteiger partial charge in [0.1, 0.15) is 12.4 Å². The predicted octanol–water partition coefficient (Wildman–Crippen LogP) is 6.75. The third-order valence-electron chi connectivity index (χ3n) is 7.66. The van der Waals surface area contributed by atoms with Gasteiger partial charge in [0.05, 0.1) is 34.8 Å². The highest BCUT2D eigenvalue weighted by Crippen LogP contribution is 2.40. The molecular weight excluding hydrogens is 697 g/mol. The van der Waals surface area contributed by atoms with Gasteiger partial charge >= 0.3 is 18.3 Å². The number of nitrogens with one attached hydrogen (secondary N) is 1. The number of rotatable bonds is 11. The van der Waals surface area contributed by atoms with Gasteiger partial charge in [-0.05, 0) is 71.7 Å². The smallest absolute Gasteiger partial charge is 0.416 e. The summed E-state index contributed by atoms with van der Waals surface area (Å²) in [5.41, 5.74) is 0.992. The van der Waals surface area contributed by atoms with E-state index in [1.54, 1.807) is 12.1 Å². The van der Waals surface area contributed by atoms with E-state index in [1.807, 2.05) is 0 Å². The van der Waals surface area contributed by atoms with Gasteiger partial charge in [0.15, 0.2) is 4.32 Å². The molecule has 260 valence electrons. The zero-order valence-corrected chi connectivity index (χ0v) is 27.2. The van der Waals surface area contributed by atoms with Crippen molar-refractivity contribution in [3.63, 3.8) is 0 Å². The molecule has 2 aliphatic heterocycles. The van der Waals surface area contributed by atoms with Crippen LogP contribution < -0.4 is 10.2 Å². The summed E-state index contributed by atoms with van der Waals surface area (Å²) in [4.78, 5) is 26.8. The van der Waals surface area contributed by atoms with E-state index in [9.17, 15) is 35.9 Å². The van der Waals surface area contributed by atoms with E-state index in [1.165, 1.54) is 41.4 Å². The van der Waals surface area contributed by atoms with E-state index in [-0.39, 0.29) is 56.4 Å². The van der Waals surface area contributed by atoms with Crippen LogP contribution >= 0.6 is 24.0 Å². The van der Waals surface area contributed by atoms with Crippen molar-refractivity contribution in [3.8, 4) is 16.9 Å². The molecule has 0 saturated carbocycles. The molecule has 1 amide bonds. The summed E-state index contributed by atoms with van der Waals surface area (Å²) in [6, 6.07) is 11.8. The van der Waals surface area contributed by atoms with Crippen LogP contribution in [-0.2, 0) is 28.3 Å². The van der Waals surface area contributed by atoms with Crippen LogP contribution in [-0.4, -0.2) is 77.2 Å². The largest absolute Gasteiger partial charge is 0.492 e. The fraction of sp³-hybridized carbons (Fsp3) is 0.303. The van der Waals surface area contributed by atoms with Crippen molar-refractivity contribution in [3.05, 3.63) is 93.4 Å². The standard InChI is InChI=1S/C33H29F6N3O5S2/c34-32(35,36)25-16-23(17-26(19-25)33(37,38)39)22-5-6-27(47-14-11-41-9-12-46-13-10-41)24(15-22)18-28-29(43)42(31(48)49-28)40-8-7-20-1-3-21(4-2-20)30(44)45/h1-6,15-19,40H,7-14H2,(H,44,45). The number of carboxylic acids is 1. The number of morpholine rings is 1. The maximum atomic E-state index is 13.6. The number of carboxylic acid groups (broad SMARTS) is 1. The van der Waals surface area contributed by atoms with Gasteiger partial charge in [-0.2, -0.15) is 26.3 Å². The third kappa shape index (κ3) is 9.39. The maximum Gasteiger partial charge on any atom is 0.416 e. The summed E-state index contributed by atoms with van der Waals surface area (Å²) in [7, 11) is 0. The molecule has 0 atom stereocenters. The zero-order valence-electron chi connectivity index (χ0n) is 25.6. The summed E-state index contributed by atoms with van der Waals surface area (Å²) >= 11 is 6.36. The average molecular weight is 726 g/mol. The van der Waals surface area contributed by atoms with Crippen LogP contribution in [0.15, 0.2) is 65.6 Å². The van der Waals surface area contributed by atoms with Gasteiger partial charge in [-0.3, -0.25) is 9.69 Å². The second kappa shape index (κ2) is 15.3. The Labute approximate surface area is 286 Å². The molecule has 5 rings (SSSR count). The van der Waals surface area contributed by atoms with Crippen LogP contribution in [0.1, 0.15) is 32.6 Å². The number of thioether (sulfide) groups is 1. The molecule has 0 bridgehead atoms. The lowest BCUT2D eigenvalue weighted by Crippen LogP contribution is -2.42. The van der Waals surface area contributed by atoms with Crippen LogP contribution in [0.4, 0.5) is 26.3 Å². The fourth-order valence-corrected chi connectivity index (χ4v) is 6.28. The molecule has 16 heteroatoms. The monoisotopic (exact) mass is 725 g/mol. The number of amides is 1. The molecule has 49 heavy (non-hydrogen) atoms. The molecule has 0 spiro atoms. The number of benzene rings is 3. The van der Waals surface area contributed by atoms with Crippen molar-refractivity contribution >= 4 is 46.3 Å². The molecule has 2 saturated heterocycles. The molecule has 0 aliphatic carbocycles. The molecule has 8 nitrogen and oxygen atoms in total. The lowest BCUT2D eigenvalue weighted by molar-refractivity contribution is -0.143. The van der Waals surface area contributed by atoms with Gasteiger partial charge in [-0.25, -0.2) is 15.2 Å². The minimum absolute atomic E-state index is 0.0471. The van der Waals surface area contributed by atoms with Crippen LogP contribution in [0.2, 0.25) is 0 Å². The van der Waals surface area contributed by atoms with Crippen molar-refractivity contribution in [2.75, 3.05) is 46.0 Å². The van der Waals surface area contributed by atoms with Gasteiger partial charge in [-0.15, -0.1) is 0 Å². The van der Waals surface area contributed by atoms with Gasteiger partial charge < -0.3 is 14.6 Å².